The Morgan fingerprint density at radius 3 is 2.81 bits per heavy atom. The molecule has 1 saturated heterocycles. The van der Waals surface area contributed by atoms with Gasteiger partial charge in [-0.2, -0.15) is 9.40 Å². The number of benzene rings is 1. The summed E-state index contributed by atoms with van der Waals surface area (Å²) >= 11 is 0. The summed E-state index contributed by atoms with van der Waals surface area (Å²) in [5.74, 6) is -0.190. The number of hydrogen-bond acceptors (Lipinski definition) is 6. The molecule has 160 valence electrons. The molecule has 3 heterocycles. The summed E-state index contributed by atoms with van der Waals surface area (Å²) in [5.41, 5.74) is 0.953. The highest BCUT2D eigenvalue weighted by Gasteiger charge is 2.29. The molecule has 2 N–H and O–H groups in total. The van der Waals surface area contributed by atoms with Crippen LogP contribution in [0.3, 0.4) is 0 Å². The molecule has 1 aliphatic rings. The topological polar surface area (TPSA) is 126 Å². The maximum atomic E-state index is 12.9. The van der Waals surface area contributed by atoms with Crippen molar-refractivity contribution in [1.29, 1.82) is 0 Å². The summed E-state index contributed by atoms with van der Waals surface area (Å²) in [5, 5.41) is 9.54. The number of pyridine rings is 1. The van der Waals surface area contributed by atoms with E-state index in [9.17, 15) is 18.0 Å². The largest absolute Gasteiger partial charge is 0.354 e. The van der Waals surface area contributed by atoms with Gasteiger partial charge in [-0.05, 0) is 30.3 Å². The number of sulfonamides is 1. The molecule has 11 heteroatoms. The van der Waals surface area contributed by atoms with Crippen molar-refractivity contribution in [1.82, 2.24) is 29.7 Å². The van der Waals surface area contributed by atoms with Gasteiger partial charge in [-0.25, -0.2) is 18.1 Å². The van der Waals surface area contributed by atoms with Crippen LogP contribution in [0.25, 0.3) is 5.82 Å². The average Bonchev–Trinajstić information content (AvgIpc) is 3.32. The first-order chi connectivity index (χ1) is 14.9. The normalized spacial score (nSPS) is 14.8. The number of carbonyl (C=O) groups excluding carboxylic acids is 2. The van der Waals surface area contributed by atoms with E-state index >= 15 is 0 Å². The average molecular weight is 440 g/mol. The minimum Gasteiger partial charge on any atom is -0.354 e. The standard InChI is InChI=1S/C20H20N6O4S/c27-18-14-25(11-9-21-18)31(29,30)17-6-1-4-15(12-17)20(28)23-13-16-5-2-7-22-19(16)26-10-3-8-24-26/h1-8,10,12H,9,11,13-14H2,(H,21,27)(H,23,28). The molecule has 0 unspecified atom stereocenters. The summed E-state index contributed by atoms with van der Waals surface area (Å²) in [6, 6.07) is 11.1. The summed E-state index contributed by atoms with van der Waals surface area (Å²) < 4.78 is 28.4. The summed E-state index contributed by atoms with van der Waals surface area (Å²) in [7, 11) is -3.88. The van der Waals surface area contributed by atoms with Gasteiger partial charge in [0.1, 0.15) is 0 Å². The Balaban J connectivity index is 1.50. The molecule has 0 radical (unpaired) electrons. The molecule has 4 rings (SSSR count). The number of nitrogens with one attached hydrogen (secondary N) is 2. The van der Waals surface area contributed by atoms with Crippen LogP contribution in [0.1, 0.15) is 15.9 Å². The molecule has 1 aliphatic heterocycles. The number of aromatic nitrogens is 3. The number of carbonyl (C=O) groups is 2. The van der Waals surface area contributed by atoms with Crippen LogP contribution in [0.4, 0.5) is 0 Å². The van der Waals surface area contributed by atoms with E-state index in [1.165, 1.54) is 24.3 Å². The quantitative estimate of drug-likeness (QED) is 0.568. The fourth-order valence-corrected chi connectivity index (χ4v) is 4.66. The van der Waals surface area contributed by atoms with Crippen molar-refractivity contribution >= 4 is 21.8 Å². The van der Waals surface area contributed by atoms with Crippen molar-refractivity contribution in [3.8, 4) is 5.82 Å². The second-order valence-electron chi connectivity index (χ2n) is 6.84. The number of amides is 2. The van der Waals surface area contributed by atoms with Gasteiger partial charge in [-0.15, -0.1) is 0 Å². The Bertz CT molecular complexity index is 1210. The first-order valence-electron chi connectivity index (χ1n) is 9.54. The van der Waals surface area contributed by atoms with Crippen LogP contribution >= 0.6 is 0 Å². The monoisotopic (exact) mass is 440 g/mol. The Kier molecular flexibility index (Phi) is 5.78. The Morgan fingerprint density at radius 2 is 2.03 bits per heavy atom. The molecule has 0 atom stereocenters. The minimum absolute atomic E-state index is 0.0338. The van der Waals surface area contributed by atoms with Gasteiger partial charge in [0.15, 0.2) is 5.82 Å². The van der Waals surface area contributed by atoms with Gasteiger partial charge in [0.25, 0.3) is 5.91 Å². The Labute approximate surface area is 178 Å². The first-order valence-corrected chi connectivity index (χ1v) is 11.0. The number of piperazine rings is 1. The van der Waals surface area contributed by atoms with Crippen LogP contribution in [-0.2, 0) is 21.4 Å². The van der Waals surface area contributed by atoms with E-state index in [1.54, 1.807) is 35.4 Å². The zero-order valence-corrected chi connectivity index (χ0v) is 17.2. The van der Waals surface area contributed by atoms with Crippen molar-refractivity contribution < 1.29 is 18.0 Å². The maximum Gasteiger partial charge on any atom is 0.251 e. The molecule has 10 nitrogen and oxygen atoms in total. The van der Waals surface area contributed by atoms with Crippen LogP contribution < -0.4 is 10.6 Å². The number of hydrogen-bond donors (Lipinski definition) is 2. The fourth-order valence-electron chi connectivity index (χ4n) is 3.21. The molecular weight excluding hydrogens is 420 g/mol. The first kappa shape index (κ1) is 20.7. The number of nitrogens with zero attached hydrogens (tertiary/aromatic N) is 4. The SMILES string of the molecule is O=C1CN(S(=O)(=O)c2cccc(C(=O)NCc3cccnc3-n3cccn3)c2)CCN1. The van der Waals surface area contributed by atoms with Gasteiger partial charge in [0, 0.05) is 49.4 Å². The van der Waals surface area contributed by atoms with E-state index in [0.29, 0.717) is 5.82 Å². The van der Waals surface area contributed by atoms with Gasteiger partial charge < -0.3 is 10.6 Å². The van der Waals surface area contributed by atoms with Gasteiger partial charge in [-0.1, -0.05) is 12.1 Å². The van der Waals surface area contributed by atoms with Crippen LogP contribution in [0, 0.1) is 0 Å². The maximum absolute atomic E-state index is 12.9. The lowest BCUT2D eigenvalue weighted by molar-refractivity contribution is -0.122. The lowest BCUT2D eigenvalue weighted by Gasteiger charge is -2.26. The summed E-state index contributed by atoms with van der Waals surface area (Å²) in [6.07, 6.45) is 5.02. The lowest BCUT2D eigenvalue weighted by atomic mass is 10.2. The molecule has 3 aromatic rings. The fraction of sp³-hybridized carbons (Fsp3) is 0.200. The van der Waals surface area contributed by atoms with E-state index in [0.717, 1.165) is 9.87 Å². The van der Waals surface area contributed by atoms with Crippen LogP contribution in [0.15, 0.2) is 66.0 Å². The Morgan fingerprint density at radius 1 is 1.16 bits per heavy atom. The van der Waals surface area contributed by atoms with Gasteiger partial charge in [0.2, 0.25) is 15.9 Å². The van der Waals surface area contributed by atoms with Crippen LogP contribution in [0.5, 0.6) is 0 Å². The van der Waals surface area contributed by atoms with Crippen molar-refractivity contribution in [2.45, 2.75) is 11.4 Å². The molecule has 0 saturated carbocycles. The molecule has 1 fully saturated rings. The third-order valence-electron chi connectivity index (χ3n) is 4.77. The van der Waals surface area contributed by atoms with Crippen molar-refractivity contribution in [3.05, 3.63) is 72.2 Å². The number of rotatable bonds is 6. The zero-order chi connectivity index (χ0) is 21.8. The third kappa shape index (κ3) is 4.47. The molecule has 0 spiro atoms. The van der Waals surface area contributed by atoms with Crippen molar-refractivity contribution in [2.24, 2.45) is 0 Å². The van der Waals surface area contributed by atoms with E-state index in [1.807, 2.05) is 6.07 Å². The zero-order valence-electron chi connectivity index (χ0n) is 16.4. The van der Waals surface area contributed by atoms with E-state index in [2.05, 4.69) is 20.7 Å². The van der Waals surface area contributed by atoms with Crippen LogP contribution in [-0.4, -0.2) is 58.9 Å². The molecule has 1 aromatic carbocycles. The highest BCUT2D eigenvalue weighted by atomic mass is 32.2. The molecular formula is C20H20N6O4S. The lowest BCUT2D eigenvalue weighted by Crippen LogP contribution is -2.49. The molecule has 31 heavy (non-hydrogen) atoms. The third-order valence-corrected chi connectivity index (χ3v) is 6.61. The van der Waals surface area contributed by atoms with Crippen molar-refractivity contribution in [3.63, 3.8) is 0 Å². The highest BCUT2D eigenvalue weighted by Crippen LogP contribution is 2.18. The highest BCUT2D eigenvalue weighted by molar-refractivity contribution is 7.89. The Hall–Kier alpha value is -3.57. The predicted molar refractivity (Wildman–Crippen MR) is 111 cm³/mol. The van der Waals surface area contributed by atoms with Gasteiger partial charge in [-0.3, -0.25) is 9.59 Å². The molecule has 2 amide bonds. The van der Waals surface area contributed by atoms with E-state index < -0.39 is 15.9 Å². The van der Waals surface area contributed by atoms with Gasteiger partial charge >= 0.3 is 0 Å². The second-order valence-corrected chi connectivity index (χ2v) is 8.77. The van der Waals surface area contributed by atoms with Gasteiger partial charge in [0.05, 0.1) is 11.4 Å². The van der Waals surface area contributed by atoms with Crippen molar-refractivity contribution in [2.75, 3.05) is 19.6 Å². The van der Waals surface area contributed by atoms with E-state index in [4.69, 9.17) is 0 Å². The predicted octanol–water partition coefficient (Wildman–Crippen LogP) is 0.318. The molecule has 0 bridgehead atoms. The summed E-state index contributed by atoms with van der Waals surface area (Å²) in [6.45, 7) is 0.380. The molecule has 2 aromatic heterocycles. The smallest absolute Gasteiger partial charge is 0.251 e. The minimum atomic E-state index is -3.88. The van der Waals surface area contributed by atoms with Crippen LogP contribution in [0.2, 0.25) is 0 Å². The van der Waals surface area contributed by atoms with E-state index in [-0.39, 0.29) is 42.5 Å². The second kappa shape index (κ2) is 8.66. The summed E-state index contributed by atoms with van der Waals surface area (Å²) in [4.78, 5) is 28.5. The molecule has 0 aliphatic carbocycles.